The maximum absolute atomic E-state index is 2.72. The van der Waals surface area contributed by atoms with Crippen LogP contribution in [0.15, 0.2) is 0 Å². The molecule has 114 valence electrons. The van der Waals surface area contributed by atoms with Gasteiger partial charge in [-0.1, -0.05) is 34.1 Å². The number of rotatable bonds is 0. The van der Waals surface area contributed by atoms with Crippen molar-refractivity contribution in [1.29, 1.82) is 0 Å². The summed E-state index contributed by atoms with van der Waals surface area (Å²) >= 11 is 0. The molecule has 2 unspecified atom stereocenters. The zero-order valence-corrected chi connectivity index (χ0v) is 14.2. The minimum Gasteiger partial charge on any atom is -0.0622 e. The topological polar surface area (TPSA) is 0 Å². The summed E-state index contributed by atoms with van der Waals surface area (Å²) in [6, 6.07) is 0. The predicted molar refractivity (Wildman–Crippen MR) is 85.5 cm³/mol. The number of fused-ring (bicyclic) bond motifs is 3. The molecule has 6 atom stereocenters. The summed E-state index contributed by atoms with van der Waals surface area (Å²) in [5.41, 5.74) is 2.06. The first-order chi connectivity index (χ1) is 9.37. The lowest BCUT2D eigenvalue weighted by molar-refractivity contribution is -0.190. The fourth-order valence-electron chi connectivity index (χ4n) is 7.99. The Morgan fingerprint density at radius 1 is 0.850 bits per heavy atom. The van der Waals surface area contributed by atoms with Crippen molar-refractivity contribution < 1.29 is 0 Å². The maximum atomic E-state index is 2.72. The SMILES string of the molecule is C[C@@H]1C[C@]23CCC4C(C)(C)CCC[C@]4(C)C2C[C@H]1CC3. The van der Waals surface area contributed by atoms with Crippen molar-refractivity contribution in [1.82, 2.24) is 0 Å². The molecule has 5 aliphatic carbocycles. The first kappa shape index (κ1) is 13.6. The van der Waals surface area contributed by atoms with Crippen LogP contribution in [0.2, 0.25) is 0 Å². The molecular weight excluding hydrogens is 240 g/mol. The van der Waals surface area contributed by atoms with Gasteiger partial charge in [-0.15, -0.1) is 0 Å². The molecule has 0 nitrogen and oxygen atoms in total. The number of hydrogen-bond donors (Lipinski definition) is 0. The average molecular weight is 274 g/mol. The highest BCUT2D eigenvalue weighted by atomic mass is 14.7. The third-order valence-electron chi connectivity index (χ3n) is 8.83. The largest absolute Gasteiger partial charge is 0.0622 e. The van der Waals surface area contributed by atoms with E-state index in [-0.39, 0.29) is 0 Å². The molecule has 1 spiro atoms. The lowest BCUT2D eigenvalue weighted by Gasteiger charge is -2.68. The van der Waals surface area contributed by atoms with E-state index in [1.807, 2.05) is 0 Å². The van der Waals surface area contributed by atoms with Gasteiger partial charge in [0.1, 0.15) is 0 Å². The van der Waals surface area contributed by atoms with Crippen LogP contribution in [0.5, 0.6) is 0 Å². The zero-order valence-electron chi connectivity index (χ0n) is 14.2. The lowest BCUT2D eigenvalue weighted by atomic mass is 9.36. The molecule has 0 aliphatic heterocycles. The van der Waals surface area contributed by atoms with Gasteiger partial charge in [0.15, 0.2) is 0 Å². The Labute approximate surface area is 126 Å². The second kappa shape index (κ2) is 4.05. The van der Waals surface area contributed by atoms with E-state index in [9.17, 15) is 0 Å². The first-order valence-corrected chi connectivity index (χ1v) is 9.37. The summed E-state index contributed by atoms with van der Waals surface area (Å²) in [4.78, 5) is 0. The van der Waals surface area contributed by atoms with Gasteiger partial charge >= 0.3 is 0 Å². The molecule has 0 amide bonds. The van der Waals surface area contributed by atoms with Crippen molar-refractivity contribution in [2.75, 3.05) is 0 Å². The van der Waals surface area contributed by atoms with E-state index in [1.54, 1.807) is 32.1 Å². The van der Waals surface area contributed by atoms with Crippen molar-refractivity contribution in [3.8, 4) is 0 Å². The summed E-state index contributed by atoms with van der Waals surface area (Å²) in [5, 5.41) is 0. The van der Waals surface area contributed by atoms with Gasteiger partial charge in [0.05, 0.1) is 0 Å². The van der Waals surface area contributed by atoms with Crippen LogP contribution in [0.25, 0.3) is 0 Å². The second-order valence-corrected chi connectivity index (χ2v) is 10.1. The van der Waals surface area contributed by atoms with Gasteiger partial charge in [-0.2, -0.15) is 0 Å². The average Bonchev–Trinajstić information content (AvgIpc) is 2.37. The van der Waals surface area contributed by atoms with Gasteiger partial charge < -0.3 is 0 Å². The van der Waals surface area contributed by atoms with Crippen LogP contribution in [0, 0.1) is 39.9 Å². The first-order valence-electron chi connectivity index (χ1n) is 9.37. The molecule has 0 N–H and O–H groups in total. The minimum absolute atomic E-state index is 0.608. The van der Waals surface area contributed by atoms with E-state index in [0.29, 0.717) is 10.8 Å². The van der Waals surface area contributed by atoms with Crippen LogP contribution in [0.1, 0.15) is 85.5 Å². The molecule has 0 aromatic heterocycles. The molecule has 5 saturated carbocycles. The fraction of sp³-hybridized carbons (Fsp3) is 1.00. The molecule has 0 heteroatoms. The molecule has 0 radical (unpaired) electrons. The fourth-order valence-corrected chi connectivity index (χ4v) is 7.99. The molecule has 0 heterocycles. The quantitative estimate of drug-likeness (QED) is 0.504. The van der Waals surface area contributed by atoms with Crippen LogP contribution in [0.4, 0.5) is 0 Å². The standard InChI is InChI=1S/C20H34/c1-14-13-20-10-6-15(14)12-17(20)19(4)9-5-8-18(2,3)16(19)7-11-20/h14-17H,5-13H2,1-4H3/t14-,15-,16?,17?,19+,20+/m1/s1. The highest BCUT2D eigenvalue weighted by Gasteiger charge is 2.63. The molecular formula is C20H34. The molecule has 5 aliphatic rings. The zero-order chi connectivity index (χ0) is 14.2. The van der Waals surface area contributed by atoms with Gasteiger partial charge in [0.25, 0.3) is 0 Å². The van der Waals surface area contributed by atoms with Crippen LogP contribution in [-0.2, 0) is 0 Å². The summed E-state index contributed by atoms with van der Waals surface area (Å²) in [5.74, 6) is 4.18. The van der Waals surface area contributed by atoms with Crippen molar-refractivity contribution >= 4 is 0 Å². The van der Waals surface area contributed by atoms with Gasteiger partial charge in [0.2, 0.25) is 0 Å². The lowest BCUT2D eigenvalue weighted by Crippen LogP contribution is -2.60. The van der Waals surface area contributed by atoms with E-state index < -0.39 is 0 Å². The van der Waals surface area contributed by atoms with E-state index in [0.717, 1.165) is 29.1 Å². The van der Waals surface area contributed by atoms with Crippen molar-refractivity contribution in [2.45, 2.75) is 85.5 Å². The Kier molecular flexibility index (Phi) is 2.76. The monoisotopic (exact) mass is 274 g/mol. The molecule has 0 aromatic rings. The third kappa shape index (κ3) is 1.60. The summed E-state index contributed by atoms with van der Waals surface area (Å²) in [7, 11) is 0. The minimum atomic E-state index is 0.608. The molecule has 2 bridgehead atoms. The second-order valence-electron chi connectivity index (χ2n) is 10.1. The Morgan fingerprint density at radius 2 is 1.60 bits per heavy atom. The molecule has 5 rings (SSSR count). The van der Waals surface area contributed by atoms with E-state index in [1.165, 1.54) is 25.7 Å². The molecule has 20 heavy (non-hydrogen) atoms. The van der Waals surface area contributed by atoms with Crippen LogP contribution in [-0.4, -0.2) is 0 Å². The Bertz CT molecular complexity index is 408. The Balaban J connectivity index is 1.73. The van der Waals surface area contributed by atoms with Gasteiger partial charge in [0, 0.05) is 0 Å². The normalized spacial score (nSPS) is 57.0. The number of hydrogen-bond acceptors (Lipinski definition) is 0. The van der Waals surface area contributed by atoms with Crippen molar-refractivity contribution in [3.63, 3.8) is 0 Å². The van der Waals surface area contributed by atoms with E-state index in [2.05, 4.69) is 27.7 Å². The third-order valence-corrected chi connectivity index (χ3v) is 8.83. The van der Waals surface area contributed by atoms with E-state index >= 15 is 0 Å². The Hall–Kier alpha value is 0. The van der Waals surface area contributed by atoms with Crippen molar-refractivity contribution in [3.05, 3.63) is 0 Å². The molecule has 0 saturated heterocycles. The van der Waals surface area contributed by atoms with Crippen LogP contribution >= 0.6 is 0 Å². The van der Waals surface area contributed by atoms with Gasteiger partial charge in [-0.3, -0.25) is 0 Å². The van der Waals surface area contributed by atoms with Crippen LogP contribution < -0.4 is 0 Å². The van der Waals surface area contributed by atoms with Gasteiger partial charge in [-0.05, 0) is 91.3 Å². The van der Waals surface area contributed by atoms with Gasteiger partial charge in [-0.25, -0.2) is 0 Å². The molecule has 0 aromatic carbocycles. The highest BCUT2D eigenvalue weighted by molar-refractivity contribution is 5.12. The summed E-state index contributed by atoms with van der Waals surface area (Å²) < 4.78 is 0. The maximum Gasteiger partial charge on any atom is -0.0259 e. The molecule has 5 fully saturated rings. The Morgan fingerprint density at radius 3 is 2.35 bits per heavy atom. The summed E-state index contributed by atoms with van der Waals surface area (Å²) in [6.07, 6.45) is 13.9. The van der Waals surface area contributed by atoms with Crippen LogP contribution in [0.3, 0.4) is 0 Å². The highest BCUT2D eigenvalue weighted by Crippen LogP contribution is 2.72. The van der Waals surface area contributed by atoms with Crippen molar-refractivity contribution in [2.24, 2.45) is 39.9 Å². The smallest absolute Gasteiger partial charge is 0.0259 e. The predicted octanol–water partition coefficient (Wildman–Crippen LogP) is 6.06. The summed E-state index contributed by atoms with van der Waals surface area (Å²) in [6.45, 7) is 10.4. The van der Waals surface area contributed by atoms with E-state index in [4.69, 9.17) is 0 Å².